The molecular formula is C14H26N2O. The molecule has 0 saturated heterocycles. The van der Waals surface area contributed by atoms with E-state index in [1.807, 2.05) is 7.05 Å². The molecule has 17 heavy (non-hydrogen) atoms. The molecule has 2 fully saturated rings. The molecule has 1 amide bonds. The summed E-state index contributed by atoms with van der Waals surface area (Å²) >= 11 is 0. The van der Waals surface area contributed by atoms with Crippen molar-refractivity contribution in [3.8, 4) is 0 Å². The highest BCUT2D eigenvalue weighted by atomic mass is 16.1. The molecule has 0 heterocycles. The average Bonchev–Trinajstić information content (AvgIpc) is 2.83. The number of amides is 1. The van der Waals surface area contributed by atoms with Gasteiger partial charge in [0, 0.05) is 18.0 Å². The molecule has 0 bridgehead atoms. The van der Waals surface area contributed by atoms with E-state index >= 15 is 0 Å². The maximum atomic E-state index is 12.1. The molecule has 2 N–H and O–H groups in total. The van der Waals surface area contributed by atoms with Crippen LogP contribution in [-0.4, -0.2) is 24.5 Å². The largest absolute Gasteiger partial charge is 0.353 e. The van der Waals surface area contributed by atoms with Crippen molar-refractivity contribution >= 4 is 5.91 Å². The maximum absolute atomic E-state index is 12.1. The van der Waals surface area contributed by atoms with Gasteiger partial charge < -0.3 is 10.6 Å². The predicted octanol–water partition coefficient (Wildman–Crippen LogP) is 2.36. The lowest BCUT2D eigenvalue weighted by Crippen LogP contribution is -2.49. The number of hydrogen-bond acceptors (Lipinski definition) is 2. The highest BCUT2D eigenvalue weighted by Gasteiger charge is 2.33. The first kappa shape index (κ1) is 12.9. The molecule has 0 spiro atoms. The minimum Gasteiger partial charge on any atom is -0.353 e. The van der Waals surface area contributed by atoms with Gasteiger partial charge in [0.1, 0.15) is 0 Å². The van der Waals surface area contributed by atoms with Gasteiger partial charge in [-0.05, 0) is 32.7 Å². The van der Waals surface area contributed by atoms with E-state index in [1.165, 1.54) is 44.9 Å². The smallest absolute Gasteiger partial charge is 0.222 e. The molecule has 2 saturated carbocycles. The quantitative estimate of drug-likeness (QED) is 0.789. The number of rotatable bonds is 4. The standard InChI is InChI=1S/C14H26N2O/c1-15-14(9-5-2-6-10-14)11-13(17)16-12-7-3-4-8-12/h12,15H,2-11H2,1H3,(H,16,17). The Morgan fingerprint density at radius 3 is 2.35 bits per heavy atom. The van der Waals surface area contributed by atoms with Gasteiger partial charge >= 0.3 is 0 Å². The van der Waals surface area contributed by atoms with Crippen LogP contribution in [0.3, 0.4) is 0 Å². The highest BCUT2D eigenvalue weighted by molar-refractivity contribution is 5.77. The predicted molar refractivity (Wildman–Crippen MR) is 69.9 cm³/mol. The van der Waals surface area contributed by atoms with Gasteiger partial charge in [-0.15, -0.1) is 0 Å². The summed E-state index contributed by atoms with van der Waals surface area (Å²) in [6, 6.07) is 0.458. The lowest BCUT2D eigenvalue weighted by Gasteiger charge is -2.37. The van der Waals surface area contributed by atoms with E-state index in [1.54, 1.807) is 0 Å². The van der Waals surface area contributed by atoms with Gasteiger partial charge in [0.2, 0.25) is 5.91 Å². The van der Waals surface area contributed by atoms with Gasteiger partial charge in [0.25, 0.3) is 0 Å². The third-order valence-corrected chi connectivity index (χ3v) is 4.56. The molecule has 98 valence electrons. The first-order chi connectivity index (χ1) is 8.24. The lowest BCUT2D eigenvalue weighted by molar-refractivity contribution is -0.123. The van der Waals surface area contributed by atoms with Crippen LogP contribution in [0.4, 0.5) is 0 Å². The zero-order chi connectivity index (χ0) is 12.1. The van der Waals surface area contributed by atoms with Crippen molar-refractivity contribution in [1.82, 2.24) is 10.6 Å². The fourth-order valence-corrected chi connectivity index (χ4v) is 3.40. The molecule has 0 aromatic carbocycles. The SMILES string of the molecule is CNC1(CC(=O)NC2CCCC2)CCCCC1. The van der Waals surface area contributed by atoms with Gasteiger partial charge in [-0.1, -0.05) is 32.1 Å². The minimum atomic E-state index is 0.0843. The summed E-state index contributed by atoms with van der Waals surface area (Å²) in [5, 5.41) is 6.62. The Bertz CT molecular complexity index is 253. The number of hydrogen-bond donors (Lipinski definition) is 2. The Hall–Kier alpha value is -0.570. The maximum Gasteiger partial charge on any atom is 0.222 e. The molecular weight excluding hydrogens is 212 g/mol. The van der Waals surface area contributed by atoms with E-state index in [9.17, 15) is 4.79 Å². The molecule has 0 aromatic rings. The zero-order valence-corrected chi connectivity index (χ0v) is 11.1. The third-order valence-electron chi connectivity index (χ3n) is 4.56. The van der Waals surface area contributed by atoms with Crippen LogP contribution in [0.25, 0.3) is 0 Å². The van der Waals surface area contributed by atoms with Crippen LogP contribution in [-0.2, 0) is 4.79 Å². The summed E-state index contributed by atoms with van der Waals surface area (Å²) in [6.45, 7) is 0. The summed E-state index contributed by atoms with van der Waals surface area (Å²) in [6.07, 6.45) is 11.7. The summed E-state index contributed by atoms with van der Waals surface area (Å²) in [7, 11) is 2.01. The number of nitrogens with one attached hydrogen (secondary N) is 2. The second-order valence-electron chi connectivity index (χ2n) is 5.82. The van der Waals surface area contributed by atoms with Gasteiger partial charge in [0.05, 0.1) is 0 Å². The Labute approximate surface area is 105 Å². The second-order valence-corrected chi connectivity index (χ2v) is 5.82. The van der Waals surface area contributed by atoms with Crippen molar-refractivity contribution in [3.05, 3.63) is 0 Å². The zero-order valence-electron chi connectivity index (χ0n) is 11.1. The van der Waals surface area contributed by atoms with E-state index in [-0.39, 0.29) is 11.4 Å². The molecule has 2 aliphatic carbocycles. The van der Waals surface area contributed by atoms with E-state index in [2.05, 4.69) is 10.6 Å². The van der Waals surface area contributed by atoms with E-state index < -0.39 is 0 Å². The van der Waals surface area contributed by atoms with E-state index in [4.69, 9.17) is 0 Å². The van der Waals surface area contributed by atoms with Crippen molar-refractivity contribution in [1.29, 1.82) is 0 Å². The Kier molecular flexibility index (Phi) is 4.43. The third kappa shape index (κ3) is 3.44. The van der Waals surface area contributed by atoms with Crippen molar-refractivity contribution in [3.63, 3.8) is 0 Å². The molecule has 3 heteroatoms. The molecule has 3 nitrogen and oxygen atoms in total. The summed E-state index contributed by atoms with van der Waals surface area (Å²) in [4.78, 5) is 12.1. The van der Waals surface area contributed by atoms with Crippen molar-refractivity contribution < 1.29 is 4.79 Å². The molecule has 0 unspecified atom stereocenters. The second kappa shape index (κ2) is 5.85. The summed E-state index contributed by atoms with van der Waals surface area (Å²) in [5.74, 6) is 0.258. The van der Waals surface area contributed by atoms with Crippen molar-refractivity contribution in [2.45, 2.75) is 75.8 Å². The normalized spacial score (nSPS) is 24.8. The average molecular weight is 238 g/mol. The van der Waals surface area contributed by atoms with Crippen LogP contribution in [0.1, 0.15) is 64.2 Å². The van der Waals surface area contributed by atoms with Gasteiger partial charge in [-0.3, -0.25) is 4.79 Å². The molecule has 2 aliphatic rings. The fraction of sp³-hybridized carbons (Fsp3) is 0.929. The summed E-state index contributed by atoms with van der Waals surface area (Å²) < 4.78 is 0. The van der Waals surface area contributed by atoms with Gasteiger partial charge in [0.15, 0.2) is 0 Å². The Balaban J connectivity index is 1.82. The van der Waals surface area contributed by atoms with Gasteiger partial charge in [-0.2, -0.15) is 0 Å². The van der Waals surface area contributed by atoms with E-state index in [0.29, 0.717) is 12.5 Å². The van der Waals surface area contributed by atoms with Crippen LogP contribution >= 0.6 is 0 Å². The minimum absolute atomic E-state index is 0.0843. The molecule has 0 aromatic heterocycles. The first-order valence-electron chi connectivity index (χ1n) is 7.22. The van der Waals surface area contributed by atoms with Crippen LogP contribution in [0.15, 0.2) is 0 Å². The lowest BCUT2D eigenvalue weighted by atomic mass is 9.79. The Morgan fingerprint density at radius 1 is 1.12 bits per heavy atom. The molecule has 0 aliphatic heterocycles. The van der Waals surface area contributed by atoms with E-state index in [0.717, 1.165) is 12.8 Å². The topological polar surface area (TPSA) is 41.1 Å². The fourth-order valence-electron chi connectivity index (χ4n) is 3.40. The number of carbonyl (C=O) groups excluding carboxylic acids is 1. The Morgan fingerprint density at radius 2 is 1.76 bits per heavy atom. The first-order valence-corrected chi connectivity index (χ1v) is 7.22. The van der Waals surface area contributed by atoms with Crippen LogP contribution in [0.5, 0.6) is 0 Å². The molecule has 0 atom stereocenters. The monoisotopic (exact) mass is 238 g/mol. The van der Waals surface area contributed by atoms with Crippen LogP contribution in [0.2, 0.25) is 0 Å². The van der Waals surface area contributed by atoms with Crippen molar-refractivity contribution in [2.75, 3.05) is 7.05 Å². The summed E-state index contributed by atoms with van der Waals surface area (Å²) in [5.41, 5.74) is 0.0843. The number of carbonyl (C=O) groups is 1. The van der Waals surface area contributed by atoms with Crippen molar-refractivity contribution in [2.24, 2.45) is 0 Å². The van der Waals surface area contributed by atoms with Crippen LogP contribution < -0.4 is 10.6 Å². The van der Waals surface area contributed by atoms with Crippen LogP contribution in [0, 0.1) is 0 Å². The van der Waals surface area contributed by atoms with Gasteiger partial charge in [-0.25, -0.2) is 0 Å². The molecule has 2 rings (SSSR count). The highest BCUT2D eigenvalue weighted by Crippen LogP contribution is 2.30. The molecule has 0 radical (unpaired) electrons.